The van der Waals surface area contributed by atoms with Crippen molar-refractivity contribution in [2.75, 3.05) is 19.8 Å². The Bertz CT molecular complexity index is 1490. The van der Waals surface area contributed by atoms with Crippen LogP contribution in [0.3, 0.4) is 0 Å². The lowest BCUT2D eigenvalue weighted by molar-refractivity contribution is -0.317. The van der Waals surface area contributed by atoms with Crippen LogP contribution in [0.25, 0.3) is 0 Å². The first-order valence-corrected chi connectivity index (χ1v) is 28.5. The van der Waals surface area contributed by atoms with Crippen molar-refractivity contribution >= 4 is 25.7 Å². The Labute approximate surface area is 423 Å². The fourth-order valence-corrected chi connectivity index (χ4v) is 9.78. The number of rotatable bonds is 41. The van der Waals surface area contributed by atoms with Crippen LogP contribution in [-0.4, -0.2) is 152 Å². The lowest BCUT2D eigenvalue weighted by Crippen LogP contribution is -2.69. The van der Waals surface area contributed by atoms with Gasteiger partial charge < -0.3 is 64.9 Å². The first kappa shape index (κ1) is 65.0. The number of carbonyl (C=O) groups is 3. The Morgan fingerprint density at radius 1 is 0.592 bits per heavy atom. The number of aliphatic hydroxyl groups is 7. The molecular formula is C51H94NO18P. The number of hydrogen-bond acceptors (Lipinski definition) is 17. The van der Waals surface area contributed by atoms with Crippen molar-refractivity contribution in [3.05, 3.63) is 12.2 Å². The number of esters is 2. The molecule has 0 aromatic rings. The van der Waals surface area contributed by atoms with Gasteiger partial charge in [0.25, 0.3) is 0 Å². The summed E-state index contributed by atoms with van der Waals surface area (Å²) in [4.78, 5) is 48.8. The molecule has 9 N–H and O–H groups in total. The Kier molecular flexibility index (Phi) is 35.2. The third-order valence-electron chi connectivity index (χ3n) is 13.1. The van der Waals surface area contributed by atoms with Crippen LogP contribution < -0.4 is 5.32 Å². The molecule has 0 radical (unpaired) electrons. The van der Waals surface area contributed by atoms with E-state index in [-0.39, 0.29) is 12.8 Å². The van der Waals surface area contributed by atoms with E-state index in [2.05, 4.69) is 31.3 Å². The predicted molar refractivity (Wildman–Crippen MR) is 266 cm³/mol. The largest absolute Gasteiger partial charge is 0.472 e. The molecule has 2 fully saturated rings. The maximum Gasteiger partial charge on any atom is 0.472 e. The van der Waals surface area contributed by atoms with Gasteiger partial charge in [-0.25, -0.2) is 4.57 Å². The SMILES string of the molecule is CCCCCCCC/C=C\CCCCCCCC(=O)O[C@H](COC(=O)CCCCCCCCCCCCCCC)COP(=O)(O)O[C@@H]1[C@H](O)[C@H](O)[C@@H](O)[C@H](O)[C@H]1O[C@H]1O[C@H](CO)[C@@H](O)[C@H](O)[C@H]1NC(C)=O. The molecule has 0 spiro atoms. The standard InChI is InChI=1S/C51H94NO18P/c1-4-6-8-10-12-14-16-18-19-21-23-25-27-29-31-33-41(56)67-38(35-65-40(55)32-30-28-26-24-22-20-17-15-13-11-9-7-5-2)36-66-71(63,64)70-50-48(62)46(60)45(59)47(61)49(50)69-51-42(52-37(3)54)44(58)43(57)39(34-53)68-51/h18-19,38-39,42-51,53,57-62H,4-17,20-36H2,1-3H3,(H,52,54)(H,63,64)/b19-18-/t38-,39-,42-,43-,44-,45-,46-,47+,48-,49-,50-,51-/m1/s1. The summed E-state index contributed by atoms with van der Waals surface area (Å²) < 4.78 is 46.2. The number of allylic oxidation sites excluding steroid dienone is 2. The van der Waals surface area contributed by atoms with Gasteiger partial charge in [-0.05, 0) is 38.5 Å². The summed E-state index contributed by atoms with van der Waals surface area (Å²) in [5.74, 6) is -1.95. The van der Waals surface area contributed by atoms with Crippen LogP contribution in [0, 0.1) is 0 Å². The minimum Gasteiger partial charge on any atom is -0.462 e. The number of aliphatic hydroxyl groups excluding tert-OH is 7. The Hall–Kier alpha value is -2.10. The van der Waals surface area contributed by atoms with Crippen molar-refractivity contribution in [1.82, 2.24) is 5.32 Å². The van der Waals surface area contributed by atoms with Gasteiger partial charge in [0.05, 0.1) is 13.2 Å². The van der Waals surface area contributed by atoms with Crippen molar-refractivity contribution in [2.24, 2.45) is 0 Å². The average Bonchev–Trinajstić information content (AvgIpc) is 3.34. The zero-order valence-electron chi connectivity index (χ0n) is 43.1. The van der Waals surface area contributed by atoms with E-state index in [1.54, 1.807) is 0 Å². The highest BCUT2D eigenvalue weighted by Crippen LogP contribution is 2.48. The number of phosphoric acid groups is 1. The van der Waals surface area contributed by atoms with E-state index in [0.717, 1.165) is 71.1 Å². The maximum absolute atomic E-state index is 13.5. The molecule has 1 aliphatic heterocycles. The van der Waals surface area contributed by atoms with Gasteiger partial charge in [0, 0.05) is 19.8 Å². The zero-order chi connectivity index (χ0) is 52.4. The monoisotopic (exact) mass is 1040 g/mol. The molecule has 20 heteroatoms. The molecule has 19 nitrogen and oxygen atoms in total. The molecule has 2 aliphatic rings. The van der Waals surface area contributed by atoms with Crippen LogP contribution >= 0.6 is 7.82 Å². The van der Waals surface area contributed by atoms with Crippen molar-refractivity contribution in [3.63, 3.8) is 0 Å². The second kappa shape index (κ2) is 38.5. The van der Waals surface area contributed by atoms with E-state index >= 15 is 0 Å². The van der Waals surface area contributed by atoms with Crippen LogP contribution in [0.4, 0.5) is 0 Å². The van der Waals surface area contributed by atoms with Crippen molar-refractivity contribution < 1.29 is 87.6 Å². The minimum absolute atomic E-state index is 0.0197. The summed E-state index contributed by atoms with van der Waals surface area (Å²) in [5.41, 5.74) is 0. The summed E-state index contributed by atoms with van der Waals surface area (Å²) >= 11 is 0. The number of ether oxygens (including phenoxy) is 4. The molecule has 13 atom stereocenters. The molecule has 1 saturated carbocycles. The second-order valence-corrected chi connectivity index (χ2v) is 20.9. The lowest BCUT2D eigenvalue weighted by atomic mass is 9.84. The summed E-state index contributed by atoms with van der Waals surface area (Å²) in [6.07, 6.45) is 12.2. The highest BCUT2D eigenvalue weighted by Gasteiger charge is 2.55. The van der Waals surface area contributed by atoms with Gasteiger partial charge in [0.2, 0.25) is 5.91 Å². The molecule has 1 aliphatic carbocycles. The average molecular weight is 1040 g/mol. The molecular weight excluding hydrogens is 946 g/mol. The van der Waals surface area contributed by atoms with E-state index < -0.39 is 119 Å². The van der Waals surface area contributed by atoms with Gasteiger partial charge in [0.15, 0.2) is 12.4 Å². The highest BCUT2D eigenvalue weighted by molar-refractivity contribution is 7.47. The van der Waals surface area contributed by atoms with Crippen LogP contribution in [0.15, 0.2) is 12.2 Å². The van der Waals surface area contributed by atoms with Gasteiger partial charge in [-0.1, -0.05) is 154 Å². The molecule has 1 heterocycles. The molecule has 416 valence electrons. The lowest BCUT2D eigenvalue weighted by Gasteiger charge is -2.48. The second-order valence-electron chi connectivity index (χ2n) is 19.5. The van der Waals surface area contributed by atoms with Gasteiger partial charge in [-0.15, -0.1) is 0 Å². The molecule has 0 aromatic carbocycles. The maximum atomic E-state index is 13.5. The van der Waals surface area contributed by atoms with Crippen molar-refractivity contribution in [3.8, 4) is 0 Å². The first-order chi connectivity index (χ1) is 34.1. The summed E-state index contributed by atoms with van der Waals surface area (Å²) in [6.45, 7) is 3.28. The van der Waals surface area contributed by atoms with Crippen LogP contribution in [0.1, 0.15) is 201 Å². The van der Waals surface area contributed by atoms with Gasteiger partial charge in [-0.3, -0.25) is 23.4 Å². The van der Waals surface area contributed by atoms with E-state index in [1.807, 2.05) is 0 Å². The molecule has 0 aromatic heterocycles. The van der Waals surface area contributed by atoms with Gasteiger partial charge in [0.1, 0.15) is 67.6 Å². The summed E-state index contributed by atoms with van der Waals surface area (Å²) in [5, 5.41) is 76.3. The number of unbranched alkanes of at least 4 members (excludes halogenated alkanes) is 23. The number of carbonyl (C=O) groups excluding carboxylic acids is 3. The van der Waals surface area contributed by atoms with E-state index in [4.69, 9.17) is 28.0 Å². The molecule has 0 bridgehead atoms. The first-order valence-electron chi connectivity index (χ1n) is 27.0. The molecule has 1 unspecified atom stereocenters. The molecule has 2 rings (SSSR count). The normalized spacial score (nSPS) is 27.1. The van der Waals surface area contributed by atoms with Crippen molar-refractivity contribution in [1.29, 1.82) is 0 Å². The van der Waals surface area contributed by atoms with Gasteiger partial charge >= 0.3 is 19.8 Å². The number of nitrogens with one attached hydrogen (secondary N) is 1. The molecule has 1 amide bonds. The smallest absolute Gasteiger partial charge is 0.462 e. The highest BCUT2D eigenvalue weighted by atomic mass is 31.2. The molecule has 71 heavy (non-hydrogen) atoms. The third-order valence-corrected chi connectivity index (χ3v) is 14.1. The summed E-state index contributed by atoms with van der Waals surface area (Å²) in [7, 11) is -5.40. The Morgan fingerprint density at radius 3 is 1.52 bits per heavy atom. The van der Waals surface area contributed by atoms with E-state index in [0.29, 0.717) is 12.8 Å². The fourth-order valence-electron chi connectivity index (χ4n) is 8.81. The summed E-state index contributed by atoms with van der Waals surface area (Å²) in [6, 6.07) is -1.58. The van der Waals surface area contributed by atoms with Crippen LogP contribution in [-0.2, 0) is 46.9 Å². The van der Waals surface area contributed by atoms with E-state index in [9.17, 15) is 59.6 Å². The molecule has 1 saturated heterocycles. The topological polar surface area (TPSA) is 298 Å². The van der Waals surface area contributed by atoms with Crippen LogP contribution in [0.2, 0.25) is 0 Å². The van der Waals surface area contributed by atoms with Crippen LogP contribution in [0.5, 0.6) is 0 Å². The number of phosphoric ester groups is 1. The van der Waals surface area contributed by atoms with E-state index in [1.165, 1.54) is 89.9 Å². The predicted octanol–water partition coefficient (Wildman–Crippen LogP) is 6.25. The quantitative estimate of drug-likeness (QED) is 0.0142. The third kappa shape index (κ3) is 27.3. The number of hydrogen-bond donors (Lipinski definition) is 9. The van der Waals surface area contributed by atoms with Gasteiger partial charge in [-0.2, -0.15) is 0 Å². The Morgan fingerprint density at radius 2 is 1.04 bits per heavy atom. The minimum atomic E-state index is -5.40. The zero-order valence-corrected chi connectivity index (χ0v) is 44.0. The number of amides is 1. The fraction of sp³-hybridized carbons (Fsp3) is 0.902. The van der Waals surface area contributed by atoms with Crippen molar-refractivity contribution in [2.45, 2.75) is 274 Å². The Balaban J connectivity index is 2.01.